The van der Waals surface area contributed by atoms with E-state index >= 15 is 0 Å². The maximum Gasteiger partial charge on any atom is 0.338 e. The summed E-state index contributed by atoms with van der Waals surface area (Å²) in [4.78, 5) is 67.4. The van der Waals surface area contributed by atoms with Crippen molar-refractivity contribution in [2.75, 3.05) is 0 Å². The smallest absolute Gasteiger partial charge is 0.338 e. The molecule has 2 saturated heterocycles. The summed E-state index contributed by atoms with van der Waals surface area (Å²) in [6, 6.07) is 10.1. The molecule has 2 aromatic carbocycles. The lowest BCUT2D eigenvalue weighted by molar-refractivity contribution is -0.162. The summed E-state index contributed by atoms with van der Waals surface area (Å²) in [7, 11) is 0. The highest BCUT2D eigenvalue weighted by atomic mass is 16.6. The van der Waals surface area contributed by atoms with Crippen molar-refractivity contribution in [3.63, 3.8) is 0 Å². The van der Waals surface area contributed by atoms with E-state index in [1.54, 1.807) is 6.08 Å². The lowest BCUT2D eigenvalue weighted by Gasteiger charge is -2.32. The van der Waals surface area contributed by atoms with Crippen molar-refractivity contribution in [2.45, 2.75) is 101 Å². The summed E-state index contributed by atoms with van der Waals surface area (Å²) in [5, 5.41) is 56.8. The van der Waals surface area contributed by atoms with Crippen LogP contribution >= 0.6 is 0 Å². The molecule has 6 N–H and O–H groups in total. The number of esters is 5. The SMILES string of the molecule is CC(=O)Oc1ccc(/C=C/C(=O)O[C@@H]2C[C@]3(O)C[C@@H](OC3=O)[C@@H]2O)cc1OC(C)=O.Cc1ccc(/C=C/C(=O)O)cc1C.O=C1O[C@@H]2C[C@@]1(O)C[C@@H](O)[C@H]2O. The summed E-state index contributed by atoms with van der Waals surface area (Å²) in [5.74, 6) is -4.51. The fourth-order valence-electron chi connectivity index (χ4n) is 6.13. The number of carbonyl (C=O) groups excluding carboxylic acids is 5. The van der Waals surface area contributed by atoms with Crippen molar-refractivity contribution < 1.29 is 83.1 Å². The first-order chi connectivity index (χ1) is 25.7. The topological polar surface area (TPSA) is 270 Å². The predicted octanol–water partition coefficient (Wildman–Crippen LogP) is 0.833. The second-order valence-electron chi connectivity index (χ2n) is 13.5. The average Bonchev–Trinajstić information content (AvgIpc) is 3.51. The van der Waals surface area contributed by atoms with E-state index in [0.29, 0.717) is 5.56 Å². The Kier molecular flexibility index (Phi) is 13.3. The maximum absolute atomic E-state index is 12.1. The summed E-state index contributed by atoms with van der Waals surface area (Å²) in [6.45, 7) is 6.41. The molecule has 0 radical (unpaired) electrons. The molecule has 2 heterocycles. The van der Waals surface area contributed by atoms with Gasteiger partial charge in [0.1, 0.15) is 30.5 Å². The Bertz CT molecular complexity index is 1880. The van der Waals surface area contributed by atoms with Crippen LogP contribution in [0.1, 0.15) is 61.8 Å². The number of aliphatic hydroxyl groups is 5. The first-order valence-electron chi connectivity index (χ1n) is 17.0. The van der Waals surface area contributed by atoms with Crippen LogP contribution in [0.5, 0.6) is 11.5 Å². The van der Waals surface area contributed by atoms with E-state index in [0.717, 1.165) is 17.7 Å². The third-order valence-electron chi connectivity index (χ3n) is 9.08. The number of carboxylic acid groups (broad SMARTS) is 1. The van der Waals surface area contributed by atoms with Gasteiger partial charge < -0.3 is 54.3 Å². The van der Waals surface area contributed by atoms with Gasteiger partial charge in [0.15, 0.2) is 22.7 Å². The maximum atomic E-state index is 12.1. The molecule has 2 aliphatic carbocycles. The predicted molar refractivity (Wildman–Crippen MR) is 187 cm³/mol. The standard InChI is InChI=1S/C20H20O10.C11H12O2.C7H10O5/c1-10(21)27-13-5-3-12(7-14(13)28-11(2)22)4-6-17(23)29-15-8-20(26)9-16(18(15)24)30-19(20)25;1-8-3-4-10(7-9(8)2)5-6-11(12)13;8-3-1-7(11)2-4(5(3)9)12-6(7)10/h3-7,15-16,18,24,26H,8-9H2,1-2H3;3-7H,1-2H3,(H,12,13);3-5,8-9,11H,1-2H2/b6-4+;6-5+;/t15-,16-,18-,20+;;3-,4-,5-,7+/m1.1/s1. The monoisotopic (exact) mass is 770 g/mol. The second-order valence-corrected chi connectivity index (χ2v) is 13.5. The van der Waals surface area contributed by atoms with Crippen molar-refractivity contribution in [3.05, 3.63) is 70.8 Å². The lowest BCUT2D eigenvalue weighted by Crippen LogP contribution is -2.50. The summed E-state index contributed by atoms with van der Waals surface area (Å²) in [5.41, 5.74) is 0.402. The summed E-state index contributed by atoms with van der Waals surface area (Å²) in [6.07, 6.45) is -1.37. The van der Waals surface area contributed by atoms with Crippen molar-refractivity contribution in [1.29, 1.82) is 0 Å². The number of aryl methyl sites for hydroxylation is 2. The normalized spacial score (nSPS) is 28.9. The van der Waals surface area contributed by atoms with Crippen molar-refractivity contribution >= 4 is 48.0 Å². The molecule has 4 fully saturated rings. The van der Waals surface area contributed by atoms with Crippen LogP contribution in [0.15, 0.2) is 48.6 Å². The van der Waals surface area contributed by atoms with E-state index in [4.69, 9.17) is 24.1 Å². The van der Waals surface area contributed by atoms with Gasteiger partial charge in [0, 0.05) is 51.7 Å². The van der Waals surface area contributed by atoms with E-state index in [9.17, 15) is 54.3 Å². The minimum Gasteiger partial charge on any atom is -0.478 e. The number of aliphatic hydroxyl groups excluding tert-OH is 3. The van der Waals surface area contributed by atoms with Crippen LogP contribution < -0.4 is 9.47 Å². The third-order valence-corrected chi connectivity index (χ3v) is 9.08. The van der Waals surface area contributed by atoms with Crippen LogP contribution in [0.3, 0.4) is 0 Å². The van der Waals surface area contributed by atoms with Crippen LogP contribution in [0.25, 0.3) is 12.2 Å². The van der Waals surface area contributed by atoms with Gasteiger partial charge in [0.05, 0.1) is 6.10 Å². The van der Waals surface area contributed by atoms with Gasteiger partial charge in [-0.2, -0.15) is 0 Å². The van der Waals surface area contributed by atoms with Crippen LogP contribution in [-0.4, -0.2) is 114 Å². The van der Waals surface area contributed by atoms with Crippen LogP contribution in [-0.2, 0) is 43.0 Å². The molecule has 2 aliphatic heterocycles. The number of carbonyl (C=O) groups is 6. The molecule has 0 spiro atoms. The van der Waals surface area contributed by atoms with E-state index in [1.807, 2.05) is 32.0 Å². The molecule has 17 nitrogen and oxygen atoms in total. The zero-order chi connectivity index (χ0) is 40.8. The Morgan fingerprint density at radius 1 is 0.709 bits per heavy atom. The minimum absolute atomic E-state index is 0.00891. The van der Waals surface area contributed by atoms with Gasteiger partial charge in [0.2, 0.25) is 0 Å². The second kappa shape index (κ2) is 17.3. The number of ether oxygens (including phenoxy) is 5. The summed E-state index contributed by atoms with van der Waals surface area (Å²) < 4.78 is 24.7. The van der Waals surface area contributed by atoms with Crippen LogP contribution in [0.2, 0.25) is 0 Å². The van der Waals surface area contributed by atoms with Gasteiger partial charge >= 0.3 is 35.8 Å². The molecule has 17 heteroatoms. The molecule has 4 aliphatic rings. The molecule has 0 unspecified atom stereocenters. The van der Waals surface area contributed by atoms with E-state index in [1.165, 1.54) is 49.2 Å². The number of carboxylic acids is 1. The molecule has 4 bridgehead atoms. The number of hydrogen-bond donors (Lipinski definition) is 6. The molecule has 6 rings (SSSR count). The number of aliphatic carboxylic acids is 1. The Labute approximate surface area is 314 Å². The van der Waals surface area contributed by atoms with Gasteiger partial charge in [0.25, 0.3) is 0 Å². The largest absolute Gasteiger partial charge is 0.478 e. The quantitative estimate of drug-likeness (QED) is 0.0985. The van der Waals surface area contributed by atoms with E-state index < -0.39 is 83.6 Å². The van der Waals surface area contributed by atoms with Gasteiger partial charge in [-0.3, -0.25) is 9.59 Å². The Balaban J connectivity index is 0.000000219. The molecule has 55 heavy (non-hydrogen) atoms. The van der Waals surface area contributed by atoms with Gasteiger partial charge in [-0.25, -0.2) is 19.2 Å². The van der Waals surface area contributed by atoms with Crippen molar-refractivity contribution in [3.8, 4) is 11.5 Å². The van der Waals surface area contributed by atoms with E-state index in [2.05, 4.69) is 4.74 Å². The highest BCUT2D eigenvalue weighted by Gasteiger charge is 2.59. The van der Waals surface area contributed by atoms with E-state index in [-0.39, 0.29) is 37.2 Å². The third kappa shape index (κ3) is 10.8. The number of benzene rings is 2. The molecule has 2 aromatic rings. The Morgan fingerprint density at radius 2 is 1.24 bits per heavy atom. The molecule has 296 valence electrons. The highest BCUT2D eigenvalue weighted by Crippen LogP contribution is 2.40. The van der Waals surface area contributed by atoms with Crippen LogP contribution in [0.4, 0.5) is 0 Å². The minimum atomic E-state index is -1.77. The van der Waals surface area contributed by atoms with Crippen molar-refractivity contribution in [2.24, 2.45) is 0 Å². The Hall–Kier alpha value is -5.46. The number of hydrogen-bond acceptors (Lipinski definition) is 16. The fraction of sp³-hybridized carbons (Fsp3) is 0.421. The average molecular weight is 771 g/mol. The Morgan fingerprint density at radius 3 is 1.82 bits per heavy atom. The zero-order valence-electron chi connectivity index (χ0n) is 30.2. The van der Waals surface area contributed by atoms with Crippen molar-refractivity contribution in [1.82, 2.24) is 0 Å². The molecule has 8 atom stereocenters. The molecule has 2 saturated carbocycles. The molecule has 0 amide bonds. The lowest BCUT2D eigenvalue weighted by atomic mass is 9.82. The summed E-state index contributed by atoms with van der Waals surface area (Å²) >= 11 is 0. The van der Waals surface area contributed by atoms with Gasteiger partial charge in [-0.15, -0.1) is 0 Å². The zero-order valence-corrected chi connectivity index (χ0v) is 30.2. The first kappa shape index (κ1) is 42.3. The fourth-order valence-corrected chi connectivity index (χ4v) is 6.13. The molecular formula is C38H42O17. The van der Waals surface area contributed by atoms with Crippen LogP contribution in [0, 0.1) is 13.8 Å². The molecular weight excluding hydrogens is 728 g/mol. The van der Waals surface area contributed by atoms with Gasteiger partial charge in [-0.1, -0.05) is 24.3 Å². The number of rotatable bonds is 7. The first-order valence-corrected chi connectivity index (χ1v) is 17.0. The highest BCUT2D eigenvalue weighted by molar-refractivity contribution is 5.88. The number of fused-ring (bicyclic) bond motifs is 4. The molecule has 0 aromatic heterocycles. The van der Waals surface area contributed by atoms with Gasteiger partial charge in [-0.05, 0) is 60.4 Å².